The number of hydrogen-bond acceptors (Lipinski definition) is 3. The monoisotopic (exact) mass is 255 g/mol. The Morgan fingerprint density at radius 2 is 1.95 bits per heavy atom. The van der Waals surface area contributed by atoms with Gasteiger partial charge in [-0.1, -0.05) is 23.8 Å². The summed E-state index contributed by atoms with van der Waals surface area (Å²) in [5.41, 5.74) is 5.01. The van der Waals surface area contributed by atoms with E-state index >= 15 is 0 Å². The van der Waals surface area contributed by atoms with Crippen LogP contribution in [0, 0.1) is 20.8 Å². The molecule has 0 bridgehead atoms. The molecule has 0 fully saturated rings. The van der Waals surface area contributed by atoms with Crippen LogP contribution in [0.2, 0.25) is 0 Å². The zero-order valence-electron chi connectivity index (χ0n) is 12.1. The molecule has 1 unspecified atom stereocenters. The Morgan fingerprint density at radius 1 is 1.16 bits per heavy atom. The van der Waals surface area contributed by atoms with Crippen LogP contribution in [0.3, 0.4) is 0 Å². The number of benzene rings is 1. The molecule has 1 atom stereocenters. The van der Waals surface area contributed by atoms with Crippen molar-refractivity contribution < 1.29 is 0 Å². The fourth-order valence-electron chi connectivity index (χ4n) is 2.28. The van der Waals surface area contributed by atoms with E-state index in [-0.39, 0.29) is 0 Å². The second-order valence-electron chi connectivity index (χ2n) is 5.06. The van der Waals surface area contributed by atoms with Crippen molar-refractivity contribution in [2.45, 2.75) is 40.3 Å². The average molecular weight is 255 g/mol. The van der Waals surface area contributed by atoms with Gasteiger partial charge in [0.2, 0.25) is 0 Å². The Balaban J connectivity index is 2.03. The standard InChI is InChI=1S/C16H21N3/c1-11-5-6-16(12(2)9-11)13(3)18-10-15-7-8-17-14(4)19-15/h5-9,13,18H,10H2,1-4H3. The lowest BCUT2D eigenvalue weighted by Crippen LogP contribution is -2.19. The van der Waals surface area contributed by atoms with E-state index in [4.69, 9.17) is 0 Å². The summed E-state index contributed by atoms with van der Waals surface area (Å²) >= 11 is 0. The highest BCUT2D eigenvalue weighted by Gasteiger charge is 2.08. The van der Waals surface area contributed by atoms with Gasteiger partial charge < -0.3 is 5.32 Å². The van der Waals surface area contributed by atoms with Crippen LogP contribution >= 0.6 is 0 Å². The zero-order chi connectivity index (χ0) is 13.8. The molecule has 2 aromatic rings. The molecular weight excluding hydrogens is 234 g/mol. The summed E-state index contributed by atoms with van der Waals surface area (Å²) < 4.78 is 0. The molecule has 100 valence electrons. The van der Waals surface area contributed by atoms with Crippen molar-refractivity contribution in [3.8, 4) is 0 Å². The first-order valence-corrected chi connectivity index (χ1v) is 6.65. The molecule has 1 heterocycles. The maximum absolute atomic E-state index is 4.40. The highest BCUT2D eigenvalue weighted by Crippen LogP contribution is 2.18. The normalized spacial score (nSPS) is 12.4. The Labute approximate surface area is 115 Å². The average Bonchev–Trinajstić information content (AvgIpc) is 2.36. The zero-order valence-corrected chi connectivity index (χ0v) is 12.1. The third-order valence-electron chi connectivity index (χ3n) is 3.31. The number of nitrogens with zero attached hydrogens (tertiary/aromatic N) is 2. The van der Waals surface area contributed by atoms with Crippen LogP contribution in [0.25, 0.3) is 0 Å². The second-order valence-corrected chi connectivity index (χ2v) is 5.06. The van der Waals surface area contributed by atoms with Crippen LogP contribution in [0.4, 0.5) is 0 Å². The van der Waals surface area contributed by atoms with Crippen molar-refractivity contribution in [3.63, 3.8) is 0 Å². The Morgan fingerprint density at radius 3 is 2.63 bits per heavy atom. The van der Waals surface area contributed by atoms with Crippen LogP contribution in [-0.4, -0.2) is 9.97 Å². The smallest absolute Gasteiger partial charge is 0.125 e. The van der Waals surface area contributed by atoms with E-state index in [1.54, 1.807) is 6.20 Å². The summed E-state index contributed by atoms with van der Waals surface area (Å²) in [6.07, 6.45) is 1.81. The molecule has 19 heavy (non-hydrogen) atoms. The summed E-state index contributed by atoms with van der Waals surface area (Å²) in [6.45, 7) is 9.15. The molecule has 0 aliphatic heterocycles. The fourth-order valence-corrected chi connectivity index (χ4v) is 2.28. The summed E-state index contributed by atoms with van der Waals surface area (Å²) in [6, 6.07) is 8.86. The molecule has 3 nitrogen and oxygen atoms in total. The Hall–Kier alpha value is -1.74. The van der Waals surface area contributed by atoms with E-state index in [1.165, 1.54) is 16.7 Å². The lowest BCUT2D eigenvalue weighted by atomic mass is 10.0. The Kier molecular flexibility index (Phi) is 4.27. The lowest BCUT2D eigenvalue weighted by Gasteiger charge is -2.17. The Bertz CT molecular complexity index is 564. The summed E-state index contributed by atoms with van der Waals surface area (Å²) in [4.78, 5) is 8.51. The van der Waals surface area contributed by atoms with Crippen molar-refractivity contribution in [2.24, 2.45) is 0 Å². The van der Waals surface area contributed by atoms with Gasteiger partial charge in [0, 0.05) is 18.8 Å². The maximum Gasteiger partial charge on any atom is 0.125 e. The number of nitrogens with one attached hydrogen (secondary N) is 1. The summed E-state index contributed by atoms with van der Waals surface area (Å²) in [5.74, 6) is 0.818. The molecule has 3 heteroatoms. The van der Waals surface area contributed by atoms with Crippen molar-refractivity contribution >= 4 is 0 Å². The molecule has 2 rings (SSSR count). The van der Waals surface area contributed by atoms with E-state index in [0.29, 0.717) is 6.04 Å². The quantitative estimate of drug-likeness (QED) is 0.911. The van der Waals surface area contributed by atoms with Crippen LogP contribution < -0.4 is 5.32 Å². The number of rotatable bonds is 4. The van der Waals surface area contributed by atoms with Gasteiger partial charge in [-0.25, -0.2) is 9.97 Å². The van der Waals surface area contributed by atoms with Gasteiger partial charge in [0.1, 0.15) is 5.82 Å². The molecule has 0 amide bonds. The molecular formula is C16H21N3. The van der Waals surface area contributed by atoms with Gasteiger partial charge in [0.25, 0.3) is 0 Å². The molecule has 0 radical (unpaired) electrons. The molecule has 0 spiro atoms. The SMILES string of the molecule is Cc1ccc(C(C)NCc2ccnc(C)n2)c(C)c1. The number of aromatic nitrogens is 2. The van der Waals surface area contributed by atoms with Gasteiger partial charge in [-0.3, -0.25) is 0 Å². The third-order valence-corrected chi connectivity index (χ3v) is 3.31. The minimum Gasteiger partial charge on any atom is -0.305 e. The molecule has 0 saturated carbocycles. The predicted octanol–water partition coefficient (Wildman–Crippen LogP) is 3.25. The molecule has 0 saturated heterocycles. The maximum atomic E-state index is 4.40. The van der Waals surface area contributed by atoms with Crippen molar-refractivity contribution in [2.75, 3.05) is 0 Å². The third kappa shape index (κ3) is 3.61. The molecule has 1 aromatic carbocycles. The van der Waals surface area contributed by atoms with Crippen LogP contribution in [0.1, 0.15) is 41.2 Å². The topological polar surface area (TPSA) is 37.8 Å². The van der Waals surface area contributed by atoms with Gasteiger partial charge in [-0.05, 0) is 44.9 Å². The first-order valence-electron chi connectivity index (χ1n) is 6.65. The summed E-state index contributed by atoms with van der Waals surface area (Å²) in [5, 5.41) is 3.51. The molecule has 1 N–H and O–H groups in total. The second kappa shape index (κ2) is 5.93. The van der Waals surface area contributed by atoms with Gasteiger partial charge in [-0.15, -0.1) is 0 Å². The van der Waals surface area contributed by atoms with E-state index in [0.717, 1.165) is 18.1 Å². The van der Waals surface area contributed by atoms with E-state index in [2.05, 4.69) is 54.3 Å². The van der Waals surface area contributed by atoms with Gasteiger partial charge in [0.15, 0.2) is 0 Å². The first-order chi connectivity index (χ1) is 9.06. The molecule has 1 aromatic heterocycles. The minimum atomic E-state index is 0.316. The lowest BCUT2D eigenvalue weighted by molar-refractivity contribution is 0.563. The van der Waals surface area contributed by atoms with Crippen LogP contribution in [0.5, 0.6) is 0 Å². The van der Waals surface area contributed by atoms with E-state index < -0.39 is 0 Å². The first kappa shape index (κ1) is 13.7. The van der Waals surface area contributed by atoms with Gasteiger partial charge in [-0.2, -0.15) is 0 Å². The van der Waals surface area contributed by atoms with Crippen molar-refractivity contribution in [3.05, 3.63) is 58.7 Å². The fraction of sp³-hybridized carbons (Fsp3) is 0.375. The summed E-state index contributed by atoms with van der Waals surface area (Å²) in [7, 11) is 0. The van der Waals surface area contributed by atoms with Crippen LogP contribution in [0.15, 0.2) is 30.5 Å². The van der Waals surface area contributed by atoms with E-state index in [9.17, 15) is 0 Å². The molecule has 0 aliphatic rings. The van der Waals surface area contributed by atoms with E-state index in [1.807, 2.05) is 13.0 Å². The van der Waals surface area contributed by atoms with Crippen LogP contribution in [-0.2, 0) is 6.54 Å². The van der Waals surface area contributed by atoms with Crippen molar-refractivity contribution in [1.29, 1.82) is 0 Å². The number of aryl methyl sites for hydroxylation is 3. The largest absolute Gasteiger partial charge is 0.305 e. The highest BCUT2D eigenvalue weighted by molar-refractivity contribution is 5.32. The molecule has 0 aliphatic carbocycles. The highest BCUT2D eigenvalue weighted by atomic mass is 14.9. The minimum absolute atomic E-state index is 0.316. The van der Waals surface area contributed by atoms with Crippen molar-refractivity contribution in [1.82, 2.24) is 15.3 Å². The number of hydrogen-bond donors (Lipinski definition) is 1. The predicted molar refractivity (Wildman–Crippen MR) is 77.9 cm³/mol. The van der Waals surface area contributed by atoms with Gasteiger partial charge >= 0.3 is 0 Å². The van der Waals surface area contributed by atoms with Gasteiger partial charge in [0.05, 0.1) is 5.69 Å².